The second-order valence-electron chi connectivity index (χ2n) is 11.2. The fourth-order valence-corrected chi connectivity index (χ4v) is 6.24. The van der Waals surface area contributed by atoms with Gasteiger partial charge in [-0.1, -0.05) is 102 Å². The van der Waals surface area contributed by atoms with Crippen molar-refractivity contribution in [1.82, 2.24) is 0 Å². The van der Waals surface area contributed by atoms with Crippen molar-refractivity contribution in [2.24, 2.45) is 11.8 Å². The summed E-state index contributed by atoms with van der Waals surface area (Å²) < 4.78 is 15.7. The first-order valence-electron chi connectivity index (χ1n) is 14.7. The van der Waals surface area contributed by atoms with E-state index in [0.29, 0.717) is 0 Å². The maximum absolute atomic E-state index is 15.7. The Bertz CT molecular complexity index is 707. The zero-order valence-electron chi connectivity index (χ0n) is 21.9. The number of benzene rings is 1. The molecular weight excluding hydrogens is 403 g/mol. The van der Waals surface area contributed by atoms with Gasteiger partial charge in [0.1, 0.15) is 5.82 Å². The Morgan fingerprint density at radius 1 is 0.727 bits per heavy atom. The van der Waals surface area contributed by atoms with Crippen LogP contribution in [-0.2, 0) is 19.3 Å². The SMILES string of the molecule is CCCCCc1ccc(CCC2=CCCCC2)c(CCC2CCC(CCCCC)CC2)c1F. The van der Waals surface area contributed by atoms with Gasteiger partial charge >= 0.3 is 0 Å². The number of rotatable bonds is 14. The van der Waals surface area contributed by atoms with Crippen molar-refractivity contribution in [3.63, 3.8) is 0 Å². The van der Waals surface area contributed by atoms with Crippen LogP contribution in [-0.4, -0.2) is 0 Å². The van der Waals surface area contributed by atoms with E-state index in [1.165, 1.54) is 102 Å². The summed E-state index contributed by atoms with van der Waals surface area (Å²) in [7, 11) is 0. The van der Waals surface area contributed by atoms with Gasteiger partial charge in [0.15, 0.2) is 0 Å². The maximum Gasteiger partial charge on any atom is 0.129 e. The van der Waals surface area contributed by atoms with Crippen molar-refractivity contribution < 1.29 is 4.39 Å². The zero-order chi connectivity index (χ0) is 23.3. The van der Waals surface area contributed by atoms with Gasteiger partial charge < -0.3 is 0 Å². The molecule has 0 N–H and O–H groups in total. The van der Waals surface area contributed by atoms with E-state index in [1.54, 1.807) is 5.57 Å². The highest BCUT2D eigenvalue weighted by Crippen LogP contribution is 2.35. The van der Waals surface area contributed by atoms with Gasteiger partial charge in [-0.15, -0.1) is 0 Å². The van der Waals surface area contributed by atoms with E-state index >= 15 is 4.39 Å². The summed E-state index contributed by atoms with van der Waals surface area (Å²) in [5, 5.41) is 0. The van der Waals surface area contributed by atoms with E-state index in [9.17, 15) is 0 Å². The molecule has 0 radical (unpaired) electrons. The van der Waals surface area contributed by atoms with Gasteiger partial charge in [-0.25, -0.2) is 4.39 Å². The summed E-state index contributed by atoms with van der Waals surface area (Å²) in [5.74, 6) is 1.92. The van der Waals surface area contributed by atoms with Crippen LogP contribution in [0, 0.1) is 17.7 Å². The first-order chi connectivity index (χ1) is 16.2. The molecule has 0 unspecified atom stereocenters. The molecule has 1 heteroatoms. The van der Waals surface area contributed by atoms with Crippen LogP contribution in [0.1, 0.15) is 140 Å². The lowest BCUT2D eigenvalue weighted by Gasteiger charge is -2.29. The normalized spacial score (nSPS) is 21.2. The lowest BCUT2D eigenvalue weighted by molar-refractivity contribution is 0.248. The van der Waals surface area contributed by atoms with E-state index in [2.05, 4.69) is 32.1 Å². The van der Waals surface area contributed by atoms with E-state index in [-0.39, 0.29) is 5.82 Å². The molecular formula is C32H51F. The lowest BCUT2D eigenvalue weighted by atomic mass is 9.77. The van der Waals surface area contributed by atoms with E-state index in [0.717, 1.165) is 55.1 Å². The van der Waals surface area contributed by atoms with Crippen molar-refractivity contribution in [2.45, 2.75) is 142 Å². The zero-order valence-corrected chi connectivity index (χ0v) is 21.9. The summed E-state index contributed by atoms with van der Waals surface area (Å²) in [6, 6.07) is 4.40. The van der Waals surface area contributed by atoms with E-state index in [4.69, 9.17) is 0 Å². The van der Waals surface area contributed by atoms with Gasteiger partial charge in [-0.3, -0.25) is 0 Å². The summed E-state index contributed by atoms with van der Waals surface area (Å²) in [6.45, 7) is 4.53. The minimum absolute atomic E-state index is 0.148. The first-order valence-corrected chi connectivity index (χ1v) is 14.7. The molecule has 1 aromatic rings. The third-order valence-electron chi connectivity index (χ3n) is 8.56. The Morgan fingerprint density at radius 3 is 2.12 bits per heavy atom. The Labute approximate surface area is 204 Å². The van der Waals surface area contributed by atoms with Gasteiger partial charge in [-0.05, 0) is 92.7 Å². The smallest absolute Gasteiger partial charge is 0.129 e. The molecule has 186 valence electrons. The number of hydrogen-bond donors (Lipinski definition) is 0. The first kappa shape index (κ1) is 26.5. The molecule has 0 spiro atoms. The number of unbranched alkanes of at least 4 members (excludes halogenated alkanes) is 4. The molecule has 33 heavy (non-hydrogen) atoms. The average Bonchev–Trinajstić information content (AvgIpc) is 2.85. The van der Waals surface area contributed by atoms with Crippen LogP contribution in [0.25, 0.3) is 0 Å². The van der Waals surface area contributed by atoms with E-state index in [1.807, 2.05) is 0 Å². The van der Waals surface area contributed by atoms with Crippen molar-refractivity contribution in [2.75, 3.05) is 0 Å². The van der Waals surface area contributed by atoms with Crippen molar-refractivity contribution in [3.05, 3.63) is 46.3 Å². The fraction of sp³-hybridized carbons (Fsp3) is 0.750. The van der Waals surface area contributed by atoms with Crippen molar-refractivity contribution in [3.8, 4) is 0 Å². The summed E-state index contributed by atoms with van der Waals surface area (Å²) in [4.78, 5) is 0. The molecule has 2 aliphatic carbocycles. The van der Waals surface area contributed by atoms with E-state index < -0.39 is 0 Å². The van der Waals surface area contributed by atoms with Crippen LogP contribution in [0.3, 0.4) is 0 Å². The minimum atomic E-state index is 0.148. The Morgan fingerprint density at radius 2 is 1.42 bits per heavy atom. The molecule has 0 amide bonds. The molecule has 1 fully saturated rings. The Kier molecular flexibility index (Phi) is 12.0. The van der Waals surface area contributed by atoms with Crippen LogP contribution in [0.5, 0.6) is 0 Å². The molecule has 1 saturated carbocycles. The van der Waals surface area contributed by atoms with Crippen LogP contribution >= 0.6 is 0 Å². The predicted octanol–water partition coefficient (Wildman–Crippen LogP) is 10.3. The van der Waals surface area contributed by atoms with Gasteiger partial charge in [0, 0.05) is 0 Å². The van der Waals surface area contributed by atoms with Crippen LogP contribution in [0.15, 0.2) is 23.8 Å². The number of halogens is 1. The highest BCUT2D eigenvalue weighted by molar-refractivity contribution is 5.35. The van der Waals surface area contributed by atoms with Gasteiger partial charge in [0.2, 0.25) is 0 Å². The molecule has 1 aromatic carbocycles. The Hall–Kier alpha value is -1.11. The molecule has 0 aliphatic heterocycles. The molecule has 2 aliphatic rings. The van der Waals surface area contributed by atoms with Gasteiger partial charge in [0.05, 0.1) is 0 Å². The topological polar surface area (TPSA) is 0 Å². The molecule has 3 rings (SSSR count). The third-order valence-corrected chi connectivity index (χ3v) is 8.56. The number of allylic oxidation sites excluding steroid dienone is 2. The highest BCUT2D eigenvalue weighted by atomic mass is 19.1. The second-order valence-corrected chi connectivity index (χ2v) is 11.2. The highest BCUT2D eigenvalue weighted by Gasteiger charge is 2.22. The molecule has 0 heterocycles. The number of aryl methyl sites for hydroxylation is 2. The Balaban J connectivity index is 1.59. The van der Waals surface area contributed by atoms with Crippen molar-refractivity contribution in [1.29, 1.82) is 0 Å². The molecule has 0 nitrogen and oxygen atoms in total. The standard InChI is InChI=1S/C32H51F/c1-3-5-8-12-27-16-18-28(19-17-27)21-25-31-29(22-20-26-13-10-7-11-14-26)23-24-30(32(31)33)15-9-6-4-2/h13,23-24,27-28H,3-12,14-22,25H2,1-2H3. The third kappa shape index (κ3) is 8.88. The average molecular weight is 455 g/mol. The summed E-state index contributed by atoms with van der Waals surface area (Å²) in [6.07, 6.45) is 27.5. The molecule has 0 saturated heterocycles. The van der Waals surface area contributed by atoms with Crippen molar-refractivity contribution >= 4 is 0 Å². The molecule has 0 bridgehead atoms. The fourth-order valence-electron chi connectivity index (χ4n) is 6.24. The minimum Gasteiger partial charge on any atom is -0.206 e. The van der Waals surface area contributed by atoms with Crippen LogP contribution < -0.4 is 0 Å². The summed E-state index contributed by atoms with van der Waals surface area (Å²) in [5.41, 5.74) is 4.96. The largest absolute Gasteiger partial charge is 0.206 e. The summed E-state index contributed by atoms with van der Waals surface area (Å²) >= 11 is 0. The van der Waals surface area contributed by atoms with Gasteiger partial charge in [-0.2, -0.15) is 0 Å². The molecule has 0 atom stereocenters. The van der Waals surface area contributed by atoms with Crippen LogP contribution in [0.4, 0.5) is 4.39 Å². The monoisotopic (exact) mass is 454 g/mol. The number of hydrogen-bond acceptors (Lipinski definition) is 0. The molecule has 0 aromatic heterocycles. The quantitative estimate of drug-likeness (QED) is 0.194. The van der Waals surface area contributed by atoms with Gasteiger partial charge in [0.25, 0.3) is 0 Å². The van der Waals surface area contributed by atoms with Crippen LogP contribution in [0.2, 0.25) is 0 Å². The lowest BCUT2D eigenvalue weighted by Crippen LogP contribution is -2.16. The maximum atomic E-state index is 15.7. The predicted molar refractivity (Wildman–Crippen MR) is 142 cm³/mol. The second kappa shape index (κ2) is 15.0.